The van der Waals surface area contributed by atoms with Crippen molar-refractivity contribution in [2.75, 3.05) is 26.4 Å². The number of rotatable bonds is 8. The Morgan fingerprint density at radius 3 is 2.21 bits per heavy atom. The third kappa shape index (κ3) is 5.01. The average molecular weight is 453 g/mol. The van der Waals surface area contributed by atoms with Crippen LogP contribution >= 0.6 is 0 Å². The molecule has 1 heterocycles. The van der Waals surface area contributed by atoms with Gasteiger partial charge in [-0.1, -0.05) is 48.5 Å². The van der Waals surface area contributed by atoms with Crippen LogP contribution in [0.25, 0.3) is 11.1 Å². The zero-order chi connectivity index (χ0) is 23.3. The van der Waals surface area contributed by atoms with Gasteiger partial charge in [-0.05, 0) is 28.7 Å². The number of hydrogen-bond donors (Lipinski definition) is 3. The third-order valence-electron chi connectivity index (χ3n) is 6.32. The van der Waals surface area contributed by atoms with Crippen molar-refractivity contribution in [2.24, 2.45) is 0 Å². The summed E-state index contributed by atoms with van der Waals surface area (Å²) in [4.78, 5) is 36.4. The lowest BCUT2D eigenvalue weighted by Gasteiger charge is -2.36. The molecule has 0 radical (unpaired) electrons. The summed E-state index contributed by atoms with van der Waals surface area (Å²) in [7, 11) is 0. The molecule has 8 nitrogen and oxygen atoms in total. The minimum absolute atomic E-state index is 0.0315. The van der Waals surface area contributed by atoms with Crippen LogP contribution in [0.3, 0.4) is 0 Å². The molecule has 0 aromatic heterocycles. The monoisotopic (exact) mass is 452 g/mol. The molecule has 3 N–H and O–H groups in total. The van der Waals surface area contributed by atoms with Gasteiger partial charge in [-0.3, -0.25) is 9.59 Å². The predicted octanol–water partition coefficient (Wildman–Crippen LogP) is 3.06. The maximum absolute atomic E-state index is 12.9. The number of alkyl carbamates (subject to hydrolysis) is 1. The van der Waals surface area contributed by atoms with Gasteiger partial charge in [-0.25, -0.2) is 4.79 Å². The molecule has 1 saturated heterocycles. The molecule has 2 aromatic carbocycles. The van der Waals surface area contributed by atoms with Gasteiger partial charge in [0.15, 0.2) is 0 Å². The average Bonchev–Trinajstić information content (AvgIpc) is 3.14. The van der Waals surface area contributed by atoms with Crippen LogP contribution in [0, 0.1) is 0 Å². The van der Waals surface area contributed by atoms with Crippen LogP contribution in [0.5, 0.6) is 0 Å². The highest BCUT2D eigenvalue weighted by Crippen LogP contribution is 2.44. The molecule has 8 heteroatoms. The first-order chi connectivity index (χ1) is 16.0. The third-order valence-corrected chi connectivity index (χ3v) is 6.32. The van der Waals surface area contributed by atoms with Gasteiger partial charge < -0.3 is 25.2 Å². The largest absolute Gasteiger partial charge is 0.481 e. The maximum atomic E-state index is 12.9. The first-order valence-electron chi connectivity index (χ1n) is 11.2. The minimum atomic E-state index is -1.13. The zero-order valence-corrected chi connectivity index (χ0v) is 18.3. The van der Waals surface area contributed by atoms with Gasteiger partial charge in [0, 0.05) is 44.9 Å². The van der Waals surface area contributed by atoms with E-state index in [1.807, 2.05) is 36.4 Å². The first kappa shape index (κ1) is 22.8. The van der Waals surface area contributed by atoms with E-state index in [2.05, 4.69) is 22.8 Å². The van der Waals surface area contributed by atoms with Gasteiger partial charge in [0.05, 0.1) is 0 Å². The number of carboxylic acid groups (broad SMARTS) is 1. The number of carbonyl (C=O) groups is 3. The van der Waals surface area contributed by atoms with Crippen molar-refractivity contribution in [1.29, 1.82) is 0 Å². The van der Waals surface area contributed by atoms with Gasteiger partial charge >= 0.3 is 12.1 Å². The summed E-state index contributed by atoms with van der Waals surface area (Å²) in [5.41, 5.74) is 3.38. The molecule has 4 rings (SSSR count). The highest BCUT2D eigenvalue weighted by Gasteiger charge is 2.42. The molecule has 0 atom stereocenters. The van der Waals surface area contributed by atoms with E-state index in [9.17, 15) is 14.4 Å². The molecule has 0 bridgehead atoms. The van der Waals surface area contributed by atoms with Crippen LogP contribution < -0.4 is 10.6 Å². The van der Waals surface area contributed by atoms with Crippen LogP contribution in [-0.2, 0) is 19.1 Å². The summed E-state index contributed by atoms with van der Waals surface area (Å²) >= 11 is 0. The van der Waals surface area contributed by atoms with Crippen LogP contribution in [0.2, 0.25) is 0 Å². The quantitative estimate of drug-likeness (QED) is 0.531. The van der Waals surface area contributed by atoms with Crippen molar-refractivity contribution in [3.05, 3.63) is 59.7 Å². The molecule has 0 unspecified atom stereocenters. The normalized spacial score (nSPS) is 16.4. The van der Waals surface area contributed by atoms with E-state index in [4.69, 9.17) is 14.6 Å². The standard InChI is InChI=1S/C25H28N2O6/c28-22(29)10-5-13-26-23(30)25(11-14-32-15-12-25)27-24(31)33-16-21-19-8-3-1-6-17(19)18-7-2-4-9-20(18)21/h1-4,6-9,21H,5,10-16H2,(H,26,30)(H,27,31)(H,28,29). The van der Waals surface area contributed by atoms with Crippen molar-refractivity contribution in [3.63, 3.8) is 0 Å². The molecule has 174 valence electrons. The first-order valence-corrected chi connectivity index (χ1v) is 11.2. The van der Waals surface area contributed by atoms with Gasteiger partial charge in [0.2, 0.25) is 5.91 Å². The number of hydrogen-bond acceptors (Lipinski definition) is 5. The second-order valence-corrected chi connectivity index (χ2v) is 8.40. The molecule has 33 heavy (non-hydrogen) atoms. The molecule has 1 aliphatic heterocycles. The molecule has 2 aliphatic rings. The topological polar surface area (TPSA) is 114 Å². The summed E-state index contributed by atoms with van der Waals surface area (Å²) in [5.74, 6) is -1.33. The molecule has 0 saturated carbocycles. The highest BCUT2D eigenvalue weighted by molar-refractivity contribution is 5.90. The van der Waals surface area contributed by atoms with E-state index in [1.165, 1.54) is 0 Å². The number of benzene rings is 2. The number of nitrogens with one attached hydrogen (secondary N) is 2. The molecule has 0 spiro atoms. The number of carbonyl (C=O) groups excluding carboxylic acids is 2. The SMILES string of the molecule is O=C(O)CCCNC(=O)C1(NC(=O)OCC2c3ccccc3-c3ccccc32)CCOCC1. The van der Waals surface area contributed by atoms with E-state index >= 15 is 0 Å². The second kappa shape index (κ2) is 10.0. The van der Waals surface area contributed by atoms with E-state index in [-0.39, 0.29) is 31.4 Å². The van der Waals surface area contributed by atoms with Crippen LogP contribution in [0.4, 0.5) is 4.79 Å². The number of ether oxygens (including phenoxy) is 2. The molecular weight excluding hydrogens is 424 g/mol. The van der Waals surface area contributed by atoms with E-state index < -0.39 is 17.6 Å². The highest BCUT2D eigenvalue weighted by atomic mass is 16.5. The van der Waals surface area contributed by atoms with Gasteiger partial charge in [0.25, 0.3) is 0 Å². The van der Waals surface area contributed by atoms with Gasteiger partial charge in [0.1, 0.15) is 12.1 Å². The minimum Gasteiger partial charge on any atom is -0.481 e. The number of aliphatic carboxylic acids is 1. The van der Waals surface area contributed by atoms with E-state index in [0.29, 0.717) is 32.5 Å². The summed E-state index contributed by atoms with van der Waals surface area (Å²) < 4.78 is 11.0. The summed E-state index contributed by atoms with van der Waals surface area (Å²) in [5, 5.41) is 14.3. The Morgan fingerprint density at radius 2 is 1.61 bits per heavy atom. The van der Waals surface area contributed by atoms with Crippen LogP contribution in [0.1, 0.15) is 42.7 Å². The molecule has 2 aromatic rings. The second-order valence-electron chi connectivity index (χ2n) is 8.40. The van der Waals surface area contributed by atoms with Crippen molar-refractivity contribution in [2.45, 2.75) is 37.1 Å². The lowest BCUT2D eigenvalue weighted by molar-refractivity contribution is -0.137. The summed E-state index contributed by atoms with van der Waals surface area (Å²) in [6, 6.07) is 16.2. The number of carboxylic acids is 1. The smallest absolute Gasteiger partial charge is 0.408 e. The summed E-state index contributed by atoms with van der Waals surface area (Å²) in [6.07, 6.45) is 0.276. The van der Waals surface area contributed by atoms with E-state index in [0.717, 1.165) is 22.3 Å². The molecule has 1 fully saturated rings. The predicted molar refractivity (Wildman–Crippen MR) is 121 cm³/mol. The maximum Gasteiger partial charge on any atom is 0.408 e. The fraction of sp³-hybridized carbons (Fsp3) is 0.400. The fourth-order valence-electron chi connectivity index (χ4n) is 4.57. The Hall–Kier alpha value is -3.39. The zero-order valence-electron chi connectivity index (χ0n) is 18.3. The lowest BCUT2D eigenvalue weighted by Crippen LogP contribution is -2.61. The van der Waals surface area contributed by atoms with Gasteiger partial charge in [-0.15, -0.1) is 0 Å². The molecular formula is C25H28N2O6. The summed E-state index contributed by atoms with van der Waals surface area (Å²) in [6.45, 7) is 1.06. The van der Waals surface area contributed by atoms with Crippen molar-refractivity contribution >= 4 is 18.0 Å². The number of fused-ring (bicyclic) bond motifs is 3. The molecule has 1 aliphatic carbocycles. The fourth-order valence-corrected chi connectivity index (χ4v) is 4.57. The Balaban J connectivity index is 1.40. The van der Waals surface area contributed by atoms with E-state index in [1.54, 1.807) is 0 Å². The lowest BCUT2D eigenvalue weighted by atomic mass is 9.89. The van der Waals surface area contributed by atoms with Crippen LogP contribution in [-0.4, -0.2) is 55.0 Å². The van der Waals surface area contributed by atoms with Crippen molar-refractivity contribution in [3.8, 4) is 11.1 Å². The van der Waals surface area contributed by atoms with Crippen molar-refractivity contribution in [1.82, 2.24) is 10.6 Å². The van der Waals surface area contributed by atoms with Crippen molar-refractivity contribution < 1.29 is 29.0 Å². The Kier molecular flexibility index (Phi) is 6.93. The number of amides is 2. The Bertz CT molecular complexity index is 986. The Morgan fingerprint density at radius 1 is 1.00 bits per heavy atom. The Labute approximate surface area is 192 Å². The van der Waals surface area contributed by atoms with Crippen LogP contribution in [0.15, 0.2) is 48.5 Å². The van der Waals surface area contributed by atoms with Gasteiger partial charge in [-0.2, -0.15) is 0 Å². The molecule has 2 amide bonds.